The molecular weight excluding hydrogens is 288 g/mol. The van der Waals surface area contributed by atoms with Gasteiger partial charge in [-0.3, -0.25) is 0 Å². The lowest BCUT2D eigenvalue weighted by Crippen LogP contribution is -2.20. The van der Waals surface area contributed by atoms with Gasteiger partial charge < -0.3 is 10.2 Å². The lowest BCUT2D eigenvalue weighted by atomic mass is 10.1. The molecule has 18 heavy (non-hydrogen) atoms. The summed E-state index contributed by atoms with van der Waals surface area (Å²) in [4.78, 5) is 2.29. The van der Waals surface area contributed by atoms with E-state index in [2.05, 4.69) is 72.2 Å². The minimum absolute atomic E-state index is 0.693. The van der Waals surface area contributed by atoms with Gasteiger partial charge in [-0.2, -0.15) is 0 Å². The molecule has 0 aromatic heterocycles. The van der Waals surface area contributed by atoms with Gasteiger partial charge in [0.05, 0.1) is 0 Å². The van der Waals surface area contributed by atoms with Crippen LogP contribution in [-0.4, -0.2) is 20.1 Å². The Morgan fingerprint density at radius 3 is 2.61 bits per heavy atom. The predicted molar refractivity (Wildman–Crippen MR) is 84.2 cm³/mol. The maximum absolute atomic E-state index is 3.67. The van der Waals surface area contributed by atoms with Gasteiger partial charge in [0.1, 0.15) is 0 Å². The molecule has 0 saturated carbocycles. The molecule has 0 aliphatic heterocycles. The van der Waals surface area contributed by atoms with Gasteiger partial charge in [0, 0.05) is 30.3 Å². The van der Waals surface area contributed by atoms with Gasteiger partial charge >= 0.3 is 0 Å². The van der Waals surface area contributed by atoms with Crippen LogP contribution in [0.5, 0.6) is 0 Å². The number of nitrogens with one attached hydrogen (secondary N) is 1. The van der Waals surface area contributed by atoms with E-state index < -0.39 is 0 Å². The summed E-state index contributed by atoms with van der Waals surface area (Å²) < 4.78 is 1.19. The van der Waals surface area contributed by atoms with Crippen LogP contribution >= 0.6 is 15.9 Å². The molecule has 1 aromatic carbocycles. The molecule has 0 saturated heterocycles. The van der Waals surface area contributed by atoms with E-state index >= 15 is 0 Å². The van der Waals surface area contributed by atoms with Crippen LogP contribution in [0, 0.1) is 5.92 Å². The molecule has 1 N–H and O–H groups in total. The Labute approximate surface area is 120 Å². The highest BCUT2D eigenvalue weighted by molar-refractivity contribution is 9.10. The minimum atomic E-state index is 0.693. The van der Waals surface area contributed by atoms with Crippen LogP contribution in [-0.2, 0) is 6.54 Å². The summed E-state index contributed by atoms with van der Waals surface area (Å²) in [5.41, 5.74) is 2.60. The molecule has 0 bridgehead atoms. The fraction of sp³-hybridized carbons (Fsp3) is 0.600. The first-order chi connectivity index (χ1) is 8.54. The monoisotopic (exact) mass is 312 g/mol. The lowest BCUT2D eigenvalue weighted by molar-refractivity contribution is 0.552. The smallest absolute Gasteiger partial charge is 0.0375 e. The second kappa shape index (κ2) is 7.80. The molecule has 1 aromatic rings. The molecule has 0 aliphatic carbocycles. The van der Waals surface area contributed by atoms with Gasteiger partial charge in [-0.25, -0.2) is 0 Å². The SMILES string of the molecule is CCCN(C)c1ccc(CNCC(C)C)c(Br)c1. The number of benzene rings is 1. The Hall–Kier alpha value is -0.540. The number of halogens is 1. The maximum Gasteiger partial charge on any atom is 0.0375 e. The summed E-state index contributed by atoms with van der Waals surface area (Å²) in [6, 6.07) is 6.62. The molecule has 0 amide bonds. The van der Waals surface area contributed by atoms with E-state index in [1.165, 1.54) is 22.1 Å². The first-order valence-corrected chi connectivity index (χ1v) is 7.54. The zero-order valence-electron chi connectivity index (χ0n) is 12.0. The standard InChI is InChI=1S/C15H25BrN2/c1-5-8-18(4)14-7-6-13(15(16)9-14)11-17-10-12(2)3/h6-7,9,12,17H,5,8,10-11H2,1-4H3. The summed E-state index contributed by atoms with van der Waals surface area (Å²) in [6.07, 6.45) is 1.17. The van der Waals surface area contributed by atoms with Crippen molar-refractivity contribution in [1.82, 2.24) is 5.32 Å². The maximum atomic E-state index is 3.67. The molecule has 0 heterocycles. The van der Waals surface area contributed by atoms with Crippen molar-refractivity contribution in [3.05, 3.63) is 28.2 Å². The highest BCUT2D eigenvalue weighted by Gasteiger charge is 2.04. The van der Waals surface area contributed by atoms with Gasteiger partial charge in [-0.15, -0.1) is 0 Å². The Balaban J connectivity index is 2.62. The van der Waals surface area contributed by atoms with Gasteiger partial charge in [-0.1, -0.05) is 42.8 Å². The van der Waals surface area contributed by atoms with Crippen molar-refractivity contribution in [1.29, 1.82) is 0 Å². The van der Waals surface area contributed by atoms with Crippen LogP contribution in [0.3, 0.4) is 0 Å². The van der Waals surface area contributed by atoms with Gasteiger partial charge in [-0.05, 0) is 36.6 Å². The summed E-state index contributed by atoms with van der Waals surface area (Å²) in [5.74, 6) is 0.693. The number of hydrogen-bond acceptors (Lipinski definition) is 2. The van der Waals surface area contributed by atoms with Crippen molar-refractivity contribution < 1.29 is 0 Å². The summed E-state index contributed by atoms with van der Waals surface area (Å²) >= 11 is 3.67. The molecule has 0 atom stereocenters. The largest absolute Gasteiger partial charge is 0.375 e. The van der Waals surface area contributed by atoms with Crippen LogP contribution in [0.4, 0.5) is 5.69 Å². The average molecular weight is 313 g/mol. The quantitative estimate of drug-likeness (QED) is 0.817. The van der Waals surface area contributed by atoms with E-state index in [1.807, 2.05) is 0 Å². The second-order valence-electron chi connectivity index (χ2n) is 5.22. The minimum Gasteiger partial charge on any atom is -0.375 e. The average Bonchev–Trinajstić information content (AvgIpc) is 2.31. The molecule has 102 valence electrons. The fourth-order valence-electron chi connectivity index (χ4n) is 1.88. The van der Waals surface area contributed by atoms with Crippen LogP contribution < -0.4 is 10.2 Å². The first-order valence-electron chi connectivity index (χ1n) is 6.74. The zero-order chi connectivity index (χ0) is 13.5. The molecule has 0 aliphatic rings. The van der Waals surface area contributed by atoms with Crippen molar-refractivity contribution in [3.63, 3.8) is 0 Å². The van der Waals surface area contributed by atoms with E-state index in [0.717, 1.165) is 19.6 Å². The van der Waals surface area contributed by atoms with Gasteiger partial charge in [0.2, 0.25) is 0 Å². The van der Waals surface area contributed by atoms with Crippen molar-refractivity contribution in [2.24, 2.45) is 5.92 Å². The number of nitrogens with zero attached hydrogens (tertiary/aromatic N) is 1. The van der Waals surface area contributed by atoms with Crippen LogP contribution in [0.25, 0.3) is 0 Å². The Morgan fingerprint density at radius 1 is 1.33 bits per heavy atom. The van der Waals surface area contributed by atoms with Crippen LogP contribution in [0.1, 0.15) is 32.8 Å². The third-order valence-electron chi connectivity index (χ3n) is 2.90. The van der Waals surface area contributed by atoms with Crippen molar-refractivity contribution in [2.75, 3.05) is 25.0 Å². The Kier molecular flexibility index (Phi) is 6.72. The molecule has 1 rings (SSSR count). The lowest BCUT2D eigenvalue weighted by Gasteiger charge is -2.19. The summed E-state index contributed by atoms with van der Waals surface area (Å²) in [7, 11) is 2.14. The number of hydrogen-bond donors (Lipinski definition) is 1. The van der Waals surface area contributed by atoms with E-state index in [1.54, 1.807) is 0 Å². The Bertz CT molecular complexity index is 364. The van der Waals surface area contributed by atoms with Gasteiger partial charge in [0.25, 0.3) is 0 Å². The van der Waals surface area contributed by atoms with Crippen molar-refractivity contribution >= 4 is 21.6 Å². The van der Waals surface area contributed by atoms with Crippen LogP contribution in [0.15, 0.2) is 22.7 Å². The highest BCUT2D eigenvalue weighted by atomic mass is 79.9. The van der Waals surface area contributed by atoms with E-state index in [-0.39, 0.29) is 0 Å². The number of anilines is 1. The topological polar surface area (TPSA) is 15.3 Å². The third-order valence-corrected chi connectivity index (χ3v) is 3.64. The normalized spacial score (nSPS) is 11.0. The molecule has 2 nitrogen and oxygen atoms in total. The van der Waals surface area contributed by atoms with Crippen molar-refractivity contribution in [3.8, 4) is 0 Å². The van der Waals surface area contributed by atoms with E-state index in [9.17, 15) is 0 Å². The number of rotatable bonds is 7. The molecule has 0 spiro atoms. The Morgan fingerprint density at radius 2 is 2.06 bits per heavy atom. The van der Waals surface area contributed by atoms with Gasteiger partial charge in [0.15, 0.2) is 0 Å². The molecule has 0 radical (unpaired) electrons. The third kappa shape index (κ3) is 4.99. The zero-order valence-corrected chi connectivity index (χ0v) is 13.5. The molecule has 0 fully saturated rings. The van der Waals surface area contributed by atoms with Crippen molar-refractivity contribution in [2.45, 2.75) is 33.7 Å². The first kappa shape index (κ1) is 15.5. The summed E-state index contributed by atoms with van der Waals surface area (Å²) in [6.45, 7) is 9.74. The predicted octanol–water partition coefficient (Wildman–Crippen LogP) is 4.04. The van der Waals surface area contributed by atoms with E-state index in [4.69, 9.17) is 0 Å². The molecule has 0 unspecified atom stereocenters. The second-order valence-corrected chi connectivity index (χ2v) is 6.08. The van der Waals surface area contributed by atoms with E-state index in [0.29, 0.717) is 5.92 Å². The molecular formula is C15H25BrN2. The summed E-state index contributed by atoms with van der Waals surface area (Å²) in [5, 5.41) is 3.47. The highest BCUT2D eigenvalue weighted by Crippen LogP contribution is 2.23. The molecule has 3 heteroatoms. The van der Waals surface area contributed by atoms with Crippen LogP contribution in [0.2, 0.25) is 0 Å². The fourth-order valence-corrected chi connectivity index (χ4v) is 2.38.